The number of sulfonamides is 1. The first-order valence-electron chi connectivity index (χ1n) is 9.69. The van der Waals surface area contributed by atoms with Crippen molar-refractivity contribution in [3.8, 4) is 22.4 Å². The molecule has 4 aromatic rings. The third kappa shape index (κ3) is 4.54. The molecule has 0 N–H and O–H groups in total. The molecule has 7 heteroatoms. The molecule has 0 saturated carbocycles. The quantitative estimate of drug-likeness (QED) is 0.345. The fourth-order valence-electron chi connectivity index (χ4n) is 3.18. The molecule has 0 aliphatic heterocycles. The summed E-state index contributed by atoms with van der Waals surface area (Å²) in [7, 11) is -2.33. The van der Waals surface area contributed by atoms with E-state index in [1.807, 2.05) is 48.7 Å². The van der Waals surface area contributed by atoms with Gasteiger partial charge < -0.3 is 4.74 Å². The fourth-order valence-corrected chi connectivity index (χ4v) is 5.56. The highest BCUT2D eigenvalue weighted by Gasteiger charge is 2.27. The number of thiazole rings is 1. The number of benzene rings is 3. The molecule has 5 nitrogen and oxygen atoms in total. The molecule has 1 aromatic heterocycles. The average molecular weight is 451 g/mol. The maximum atomic E-state index is 13.2. The van der Waals surface area contributed by atoms with Crippen LogP contribution in [0.2, 0.25) is 0 Å². The Morgan fingerprint density at radius 3 is 2.29 bits per heavy atom. The average Bonchev–Trinajstić information content (AvgIpc) is 3.28. The van der Waals surface area contributed by atoms with Gasteiger partial charge in [-0.25, -0.2) is 17.7 Å². The number of aromatic nitrogens is 1. The van der Waals surface area contributed by atoms with Crippen molar-refractivity contribution in [1.82, 2.24) is 4.98 Å². The number of ether oxygens (including phenoxy) is 1. The summed E-state index contributed by atoms with van der Waals surface area (Å²) in [6.07, 6.45) is 0. The second-order valence-corrected chi connectivity index (χ2v) is 9.75. The van der Waals surface area contributed by atoms with E-state index < -0.39 is 10.0 Å². The topological polar surface area (TPSA) is 59.5 Å². The van der Waals surface area contributed by atoms with Gasteiger partial charge in [0.15, 0.2) is 0 Å². The minimum absolute atomic E-state index is 0.118. The lowest BCUT2D eigenvalue weighted by Crippen LogP contribution is -2.32. The molecule has 31 heavy (non-hydrogen) atoms. The van der Waals surface area contributed by atoms with Crippen LogP contribution in [0.3, 0.4) is 0 Å². The summed E-state index contributed by atoms with van der Waals surface area (Å²) >= 11 is 1.27. The standard InChI is InChI=1S/C24H22N2O3S2/c1-18-11-13-22(14-12-18)31(27,28)26(17-29-2)24-25-23(16-30-24)21-10-6-9-20(15-21)19-7-4-3-5-8-19/h3-16H,17H2,1-2H3. The van der Waals surface area contributed by atoms with E-state index in [2.05, 4.69) is 23.2 Å². The Balaban J connectivity index is 1.69. The monoisotopic (exact) mass is 450 g/mol. The molecule has 0 radical (unpaired) electrons. The number of hydrogen-bond acceptors (Lipinski definition) is 5. The van der Waals surface area contributed by atoms with Crippen LogP contribution in [0.25, 0.3) is 22.4 Å². The van der Waals surface area contributed by atoms with Gasteiger partial charge in [0, 0.05) is 18.1 Å². The minimum Gasteiger partial charge on any atom is -0.363 e. The molecule has 0 spiro atoms. The van der Waals surface area contributed by atoms with Gasteiger partial charge in [0.1, 0.15) is 6.73 Å². The Bertz CT molecular complexity index is 1270. The molecule has 0 unspecified atom stereocenters. The smallest absolute Gasteiger partial charge is 0.268 e. The Morgan fingerprint density at radius 2 is 1.58 bits per heavy atom. The minimum atomic E-state index is -3.80. The van der Waals surface area contributed by atoms with E-state index in [0.717, 1.165) is 27.9 Å². The van der Waals surface area contributed by atoms with Gasteiger partial charge in [0.25, 0.3) is 10.0 Å². The molecular weight excluding hydrogens is 428 g/mol. The zero-order valence-electron chi connectivity index (χ0n) is 17.2. The maximum absolute atomic E-state index is 13.2. The van der Waals surface area contributed by atoms with E-state index in [9.17, 15) is 8.42 Å². The lowest BCUT2D eigenvalue weighted by Gasteiger charge is -2.20. The SMILES string of the molecule is COCN(c1nc(-c2cccc(-c3ccccc3)c2)cs1)S(=O)(=O)c1ccc(C)cc1. The van der Waals surface area contributed by atoms with E-state index in [-0.39, 0.29) is 11.6 Å². The van der Waals surface area contributed by atoms with Crippen LogP contribution in [0, 0.1) is 6.92 Å². The van der Waals surface area contributed by atoms with Crippen molar-refractivity contribution in [2.24, 2.45) is 0 Å². The molecule has 158 valence electrons. The summed E-state index contributed by atoms with van der Waals surface area (Å²) in [4.78, 5) is 4.84. The molecule has 0 fully saturated rings. The first-order valence-corrected chi connectivity index (χ1v) is 12.0. The van der Waals surface area contributed by atoms with Crippen LogP contribution < -0.4 is 4.31 Å². The zero-order valence-corrected chi connectivity index (χ0v) is 18.9. The van der Waals surface area contributed by atoms with Crippen molar-refractivity contribution < 1.29 is 13.2 Å². The Morgan fingerprint density at radius 1 is 0.903 bits per heavy atom. The number of rotatable bonds is 7. The number of hydrogen-bond donors (Lipinski definition) is 0. The van der Waals surface area contributed by atoms with Gasteiger partial charge in [0.05, 0.1) is 10.6 Å². The highest BCUT2D eigenvalue weighted by atomic mass is 32.2. The molecule has 3 aromatic carbocycles. The second-order valence-electron chi connectivity index (χ2n) is 7.05. The Kier molecular flexibility index (Phi) is 6.18. The highest BCUT2D eigenvalue weighted by molar-refractivity contribution is 7.93. The molecule has 4 rings (SSSR count). The fraction of sp³-hybridized carbons (Fsp3) is 0.125. The summed E-state index contributed by atoms with van der Waals surface area (Å²) < 4.78 is 32.9. The number of nitrogens with zero attached hydrogens (tertiary/aromatic N) is 2. The summed E-state index contributed by atoms with van der Waals surface area (Å²) in [5, 5.41) is 2.23. The van der Waals surface area contributed by atoms with E-state index >= 15 is 0 Å². The van der Waals surface area contributed by atoms with Gasteiger partial charge in [-0.15, -0.1) is 11.3 Å². The predicted octanol–water partition coefficient (Wildman–Crippen LogP) is 5.58. The number of anilines is 1. The Hall–Kier alpha value is -3.00. The summed E-state index contributed by atoms with van der Waals surface area (Å²) in [6, 6.07) is 24.9. The summed E-state index contributed by atoms with van der Waals surface area (Å²) in [6.45, 7) is 1.80. The third-order valence-electron chi connectivity index (χ3n) is 4.83. The van der Waals surface area contributed by atoms with Gasteiger partial charge in [0.2, 0.25) is 5.13 Å². The van der Waals surface area contributed by atoms with E-state index in [1.54, 1.807) is 24.3 Å². The van der Waals surface area contributed by atoms with Gasteiger partial charge >= 0.3 is 0 Å². The molecule has 0 amide bonds. The largest absolute Gasteiger partial charge is 0.363 e. The van der Waals surface area contributed by atoms with Gasteiger partial charge in [-0.05, 0) is 36.2 Å². The molecular formula is C24H22N2O3S2. The van der Waals surface area contributed by atoms with Gasteiger partial charge in [-0.3, -0.25) is 0 Å². The summed E-state index contributed by atoms with van der Waals surface area (Å²) in [5.41, 5.74) is 4.83. The predicted molar refractivity (Wildman–Crippen MR) is 126 cm³/mol. The van der Waals surface area contributed by atoms with Crippen LogP contribution >= 0.6 is 11.3 Å². The lowest BCUT2D eigenvalue weighted by atomic mass is 10.0. The van der Waals surface area contributed by atoms with Crippen LogP contribution in [0.4, 0.5) is 5.13 Å². The van der Waals surface area contributed by atoms with Crippen LogP contribution in [0.15, 0.2) is 89.1 Å². The van der Waals surface area contributed by atoms with Crippen LogP contribution in [-0.4, -0.2) is 27.2 Å². The maximum Gasteiger partial charge on any atom is 0.268 e. The molecule has 1 heterocycles. The van der Waals surface area contributed by atoms with Crippen LogP contribution in [-0.2, 0) is 14.8 Å². The van der Waals surface area contributed by atoms with Crippen molar-refractivity contribution in [2.45, 2.75) is 11.8 Å². The van der Waals surface area contributed by atoms with Crippen molar-refractivity contribution in [2.75, 3.05) is 18.1 Å². The molecule has 0 aliphatic carbocycles. The zero-order chi connectivity index (χ0) is 21.8. The molecule has 0 aliphatic rings. The lowest BCUT2D eigenvalue weighted by molar-refractivity contribution is 0.209. The Labute approximate surface area is 186 Å². The normalized spacial score (nSPS) is 11.4. The van der Waals surface area contributed by atoms with E-state index in [4.69, 9.17) is 4.74 Å². The van der Waals surface area contributed by atoms with Crippen molar-refractivity contribution in [3.63, 3.8) is 0 Å². The number of methoxy groups -OCH3 is 1. The third-order valence-corrected chi connectivity index (χ3v) is 7.53. The van der Waals surface area contributed by atoms with Crippen LogP contribution in [0.1, 0.15) is 5.56 Å². The van der Waals surface area contributed by atoms with E-state index in [0.29, 0.717) is 5.13 Å². The van der Waals surface area contributed by atoms with Crippen LogP contribution in [0.5, 0.6) is 0 Å². The van der Waals surface area contributed by atoms with E-state index in [1.165, 1.54) is 22.8 Å². The van der Waals surface area contributed by atoms with Gasteiger partial charge in [-0.2, -0.15) is 0 Å². The first kappa shape index (κ1) is 21.2. The van der Waals surface area contributed by atoms with Crippen molar-refractivity contribution >= 4 is 26.5 Å². The second kappa shape index (κ2) is 9.01. The summed E-state index contributed by atoms with van der Waals surface area (Å²) in [5.74, 6) is 0. The first-order chi connectivity index (χ1) is 15.0. The molecule has 0 bridgehead atoms. The van der Waals surface area contributed by atoms with Crippen molar-refractivity contribution in [3.05, 3.63) is 89.8 Å². The number of aryl methyl sites for hydroxylation is 1. The highest BCUT2D eigenvalue weighted by Crippen LogP contribution is 2.32. The van der Waals surface area contributed by atoms with Gasteiger partial charge in [-0.1, -0.05) is 66.2 Å². The van der Waals surface area contributed by atoms with Crippen molar-refractivity contribution in [1.29, 1.82) is 0 Å². The molecule has 0 saturated heterocycles. The molecule has 0 atom stereocenters.